The van der Waals surface area contributed by atoms with Gasteiger partial charge in [-0.05, 0) is 65.5 Å². The normalized spacial score (nSPS) is 13.6. The lowest BCUT2D eigenvalue weighted by Gasteiger charge is -2.25. The Kier molecular flexibility index (Phi) is 8.05. The fourth-order valence-electron chi connectivity index (χ4n) is 4.05. The third-order valence-electron chi connectivity index (χ3n) is 5.88. The van der Waals surface area contributed by atoms with E-state index in [9.17, 15) is 20.1 Å². The molecule has 1 heterocycles. The first kappa shape index (κ1) is 25.0. The second-order valence-corrected chi connectivity index (χ2v) is 9.07. The van der Waals surface area contributed by atoms with E-state index in [1.807, 2.05) is 6.08 Å². The predicted molar refractivity (Wildman–Crippen MR) is 137 cm³/mol. The minimum atomic E-state index is -0.474. The maximum absolute atomic E-state index is 12.9. The number of rotatable bonds is 8. The second-order valence-electron chi connectivity index (χ2n) is 9.07. The molecule has 0 saturated heterocycles. The van der Waals surface area contributed by atoms with Crippen LogP contribution in [0.4, 0.5) is 5.69 Å². The number of hydrazine groups is 1. The van der Waals surface area contributed by atoms with Crippen LogP contribution in [0.25, 0.3) is 11.1 Å². The highest BCUT2D eigenvalue weighted by Crippen LogP contribution is 2.45. The summed E-state index contributed by atoms with van der Waals surface area (Å²) in [7, 11) is 0. The summed E-state index contributed by atoms with van der Waals surface area (Å²) < 4.78 is 0. The van der Waals surface area contributed by atoms with Gasteiger partial charge >= 0.3 is 0 Å². The van der Waals surface area contributed by atoms with Crippen LogP contribution in [0.2, 0.25) is 0 Å². The van der Waals surface area contributed by atoms with Gasteiger partial charge in [-0.2, -0.15) is 0 Å². The summed E-state index contributed by atoms with van der Waals surface area (Å²) in [5, 5.41) is 32.6. The number of nitrogens with zero attached hydrogens (tertiary/aromatic N) is 1. The number of phenols is 3. The number of anilines is 1. The SMILES string of the molecule is CC(C)=CCCC(C)=CCCC(C)=CCN1NC(=O)c2cc(O)cc(O)c2-c2cccc(O)c21. The lowest BCUT2D eigenvalue weighted by atomic mass is 9.96. The van der Waals surface area contributed by atoms with E-state index in [0.29, 0.717) is 17.8 Å². The van der Waals surface area contributed by atoms with Gasteiger partial charge < -0.3 is 15.3 Å². The largest absolute Gasteiger partial charge is 0.508 e. The van der Waals surface area contributed by atoms with Crippen molar-refractivity contribution in [1.29, 1.82) is 0 Å². The molecule has 1 aliphatic heterocycles. The molecule has 0 saturated carbocycles. The fourth-order valence-corrected chi connectivity index (χ4v) is 4.05. The molecule has 0 fully saturated rings. The van der Waals surface area contributed by atoms with E-state index in [1.54, 1.807) is 23.2 Å². The molecule has 3 rings (SSSR count). The van der Waals surface area contributed by atoms with Gasteiger partial charge in [0.05, 0.1) is 12.1 Å². The maximum atomic E-state index is 12.9. The number of amides is 1. The van der Waals surface area contributed by atoms with Gasteiger partial charge in [0.2, 0.25) is 0 Å². The van der Waals surface area contributed by atoms with E-state index in [2.05, 4.69) is 45.3 Å². The Labute approximate surface area is 201 Å². The second kappa shape index (κ2) is 11.0. The van der Waals surface area contributed by atoms with Crippen molar-refractivity contribution in [3.05, 3.63) is 70.8 Å². The number of nitrogens with one attached hydrogen (secondary N) is 1. The van der Waals surface area contributed by atoms with Crippen molar-refractivity contribution in [2.45, 2.75) is 53.4 Å². The molecule has 1 aliphatic rings. The summed E-state index contributed by atoms with van der Waals surface area (Å²) in [6, 6.07) is 7.44. The molecule has 0 aromatic heterocycles. The number of carbonyl (C=O) groups is 1. The molecule has 34 heavy (non-hydrogen) atoms. The van der Waals surface area contributed by atoms with Crippen molar-refractivity contribution in [3.63, 3.8) is 0 Å². The Morgan fingerprint density at radius 1 is 0.882 bits per heavy atom. The first-order valence-corrected chi connectivity index (χ1v) is 11.6. The number of carbonyl (C=O) groups excluding carboxylic acids is 1. The average molecular weight is 463 g/mol. The summed E-state index contributed by atoms with van der Waals surface area (Å²) in [4.78, 5) is 12.9. The van der Waals surface area contributed by atoms with E-state index in [-0.39, 0.29) is 28.4 Å². The van der Waals surface area contributed by atoms with Crippen LogP contribution in [0.5, 0.6) is 17.2 Å². The van der Waals surface area contributed by atoms with Crippen molar-refractivity contribution in [1.82, 2.24) is 5.43 Å². The molecule has 0 spiro atoms. The zero-order valence-corrected chi connectivity index (χ0v) is 20.4. The van der Waals surface area contributed by atoms with Crippen LogP contribution in [0.15, 0.2) is 65.3 Å². The molecule has 0 bridgehead atoms. The summed E-state index contributed by atoms with van der Waals surface area (Å²) in [5.74, 6) is -0.921. The Balaban J connectivity index is 1.77. The molecule has 0 atom stereocenters. The maximum Gasteiger partial charge on any atom is 0.270 e. The van der Waals surface area contributed by atoms with Crippen LogP contribution in [-0.4, -0.2) is 27.8 Å². The Bertz CT molecular complexity index is 1160. The number of benzene rings is 2. The van der Waals surface area contributed by atoms with Crippen molar-refractivity contribution in [2.75, 3.05) is 11.6 Å². The zero-order chi connectivity index (χ0) is 24.8. The number of hydrogen-bond donors (Lipinski definition) is 4. The summed E-state index contributed by atoms with van der Waals surface area (Å²) in [5.41, 5.74) is 8.01. The molecular formula is C28H34N2O4. The molecule has 2 aromatic rings. The third-order valence-corrected chi connectivity index (χ3v) is 5.88. The van der Waals surface area contributed by atoms with E-state index in [1.165, 1.54) is 28.9 Å². The average Bonchev–Trinajstić information content (AvgIpc) is 2.87. The van der Waals surface area contributed by atoms with E-state index in [0.717, 1.165) is 25.7 Å². The number of aromatic hydroxyl groups is 3. The quantitative estimate of drug-likeness (QED) is 0.343. The van der Waals surface area contributed by atoms with Gasteiger partial charge in [-0.15, -0.1) is 0 Å². The van der Waals surface area contributed by atoms with Crippen molar-refractivity contribution in [2.24, 2.45) is 0 Å². The summed E-state index contributed by atoms with van der Waals surface area (Å²) >= 11 is 0. The molecule has 4 N–H and O–H groups in total. The molecule has 0 radical (unpaired) electrons. The number of hydrogen-bond acceptors (Lipinski definition) is 5. The van der Waals surface area contributed by atoms with Gasteiger partial charge in [-0.1, -0.05) is 47.1 Å². The summed E-state index contributed by atoms with van der Waals surface area (Å²) in [6.07, 6.45) is 10.5. The first-order chi connectivity index (χ1) is 16.2. The lowest BCUT2D eigenvalue weighted by molar-refractivity contribution is 0.0951. The van der Waals surface area contributed by atoms with Crippen LogP contribution in [-0.2, 0) is 0 Å². The summed E-state index contributed by atoms with van der Waals surface area (Å²) in [6.45, 7) is 8.78. The number of phenolic OH excluding ortho intramolecular Hbond substituents is 3. The molecule has 2 aromatic carbocycles. The number of fused-ring (bicyclic) bond motifs is 3. The van der Waals surface area contributed by atoms with Crippen LogP contribution < -0.4 is 10.4 Å². The topological polar surface area (TPSA) is 93.0 Å². The van der Waals surface area contributed by atoms with Crippen LogP contribution >= 0.6 is 0 Å². The van der Waals surface area contributed by atoms with Gasteiger partial charge in [0.15, 0.2) is 0 Å². The minimum Gasteiger partial charge on any atom is -0.508 e. The zero-order valence-electron chi connectivity index (χ0n) is 20.4. The van der Waals surface area contributed by atoms with Crippen molar-refractivity contribution in [3.8, 4) is 28.4 Å². The van der Waals surface area contributed by atoms with Crippen molar-refractivity contribution < 1.29 is 20.1 Å². The number of para-hydroxylation sites is 1. The molecular weight excluding hydrogens is 428 g/mol. The Morgan fingerprint density at radius 2 is 1.56 bits per heavy atom. The fraction of sp³-hybridized carbons (Fsp3) is 0.321. The molecule has 0 aliphatic carbocycles. The van der Waals surface area contributed by atoms with E-state index < -0.39 is 5.91 Å². The van der Waals surface area contributed by atoms with Gasteiger partial charge in [0, 0.05) is 17.2 Å². The highest BCUT2D eigenvalue weighted by atomic mass is 16.3. The van der Waals surface area contributed by atoms with Gasteiger partial charge in [0.25, 0.3) is 5.91 Å². The van der Waals surface area contributed by atoms with E-state index in [4.69, 9.17) is 0 Å². The highest BCUT2D eigenvalue weighted by molar-refractivity contribution is 6.07. The monoisotopic (exact) mass is 462 g/mol. The van der Waals surface area contributed by atoms with Gasteiger partial charge in [-0.25, -0.2) is 0 Å². The van der Waals surface area contributed by atoms with Crippen LogP contribution in [0.3, 0.4) is 0 Å². The Morgan fingerprint density at radius 3 is 2.26 bits per heavy atom. The molecule has 180 valence electrons. The van der Waals surface area contributed by atoms with Crippen LogP contribution in [0, 0.1) is 0 Å². The van der Waals surface area contributed by atoms with Gasteiger partial charge in [0.1, 0.15) is 22.9 Å². The smallest absolute Gasteiger partial charge is 0.270 e. The standard InChI is InChI=1S/C28H34N2O4/c1-18(2)8-5-9-19(3)10-6-11-20(4)14-15-30-27-22(12-7-13-24(27)32)26-23(28(34)29-30)16-21(31)17-25(26)33/h7-8,10,12-14,16-17,31-33H,5-6,9,11,15H2,1-4H3,(H,29,34). The minimum absolute atomic E-state index is 0.0147. The van der Waals surface area contributed by atoms with E-state index >= 15 is 0 Å². The first-order valence-electron chi connectivity index (χ1n) is 11.6. The highest BCUT2D eigenvalue weighted by Gasteiger charge is 2.29. The number of allylic oxidation sites excluding steroid dienone is 5. The Hall–Kier alpha value is -3.67. The van der Waals surface area contributed by atoms with Gasteiger partial charge in [-0.3, -0.25) is 15.2 Å². The molecule has 6 heteroatoms. The molecule has 6 nitrogen and oxygen atoms in total. The lowest BCUT2D eigenvalue weighted by Crippen LogP contribution is -2.41. The predicted octanol–water partition coefficient (Wildman–Crippen LogP) is 6.35. The third kappa shape index (κ3) is 6.01. The molecule has 0 unspecified atom stereocenters. The van der Waals surface area contributed by atoms with Crippen molar-refractivity contribution >= 4 is 11.6 Å². The molecule has 1 amide bonds. The van der Waals surface area contributed by atoms with Crippen LogP contribution in [0.1, 0.15) is 63.7 Å².